The van der Waals surface area contributed by atoms with Gasteiger partial charge in [0.05, 0.1) is 18.8 Å². The predicted octanol–water partition coefficient (Wildman–Crippen LogP) is 3.70. The maximum absolute atomic E-state index is 11.8. The van der Waals surface area contributed by atoms with Gasteiger partial charge in [-0.2, -0.15) is 0 Å². The van der Waals surface area contributed by atoms with Crippen LogP contribution in [0.2, 0.25) is 0 Å². The molecule has 3 unspecified atom stereocenters. The van der Waals surface area contributed by atoms with Crippen molar-refractivity contribution in [2.75, 3.05) is 20.8 Å². The molecule has 3 atom stereocenters. The molecule has 142 valence electrons. The van der Waals surface area contributed by atoms with E-state index in [1.165, 1.54) is 18.2 Å². The summed E-state index contributed by atoms with van der Waals surface area (Å²) in [6.07, 6.45) is 4.35. The second kappa shape index (κ2) is 7.45. The van der Waals surface area contributed by atoms with Crippen molar-refractivity contribution in [1.82, 2.24) is 5.32 Å². The van der Waals surface area contributed by atoms with Crippen molar-refractivity contribution in [3.8, 4) is 0 Å². The van der Waals surface area contributed by atoms with Crippen LogP contribution in [0, 0.1) is 5.41 Å². The number of methoxy groups -OCH3 is 2. The molecule has 2 aliphatic rings. The van der Waals surface area contributed by atoms with Gasteiger partial charge in [-0.05, 0) is 61.1 Å². The number of hydrogen-bond acceptors (Lipinski definition) is 4. The fourth-order valence-electron chi connectivity index (χ4n) is 5.09. The van der Waals surface area contributed by atoms with Crippen LogP contribution >= 0.6 is 0 Å². The standard InChI is InChI=1S/C23H27NO3/c1-26-21-20-9-4-3-7-18(20)14-23(21)10-11-24-19(15-23)13-16-6-5-8-17(12-16)22(25)27-2/h3-9,12,19,21,24H,10-11,13-15H2,1-2H3. The van der Waals surface area contributed by atoms with Crippen molar-refractivity contribution in [2.24, 2.45) is 5.41 Å². The molecule has 4 rings (SSSR count). The third-order valence-corrected chi connectivity index (χ3v) is 6.21. The van der Waals surface area contributed by atoms with Crippen molar-refractivity contribution in [3.63, 3.8) is 0 Å². The highest BCUT2D eigenvalue weighted by Crippen LogP contribution is 2.53. The predicted molar refractivity (Wildman–Crippen MR) is 105 cm³/mol. The number of rotatable bonds is 4. The molecule has 1 spiro atoms. The summed E-state index contributed by atoms with van der Waals surface area (Å²) in [5.74, 6) is -0.282. The summed E-state index contributed by atoms with van der Waals surface area (Å²) in [5.41, 5.74) is 4.72. The second-order valence-electron chi connectivity index (χ2n) is 7.85. The average Bonchev–Trinajstić information content (AvgIpc) is 2.99. The van der Waals surface area contributed by atoms with Crippen LogP contribution in [0.15, 0.2) is 48.5 Å². The molecule has 0 bridgehead atoms. The highest BCUT2D eigenvalue weighted by molar-refractivity contribution is 5.89. The van der Waals surface area contributed by atoms with Crippen LogP contribution in [-0.4, -0.2) is 32.8 Å². The van der Waals surface area contributed by atoms with Gasteiger partial charge in [0.2, 0.25) is 0 Å². The zero-order valence-electron chi connectivity index (χ0n) is 16.0. The molecule has 0 amide bonds. The first-order valence-corrected chi connectivity index (χ1v) is 9.66. The number of nitrogens with one attached hydrogen (secondary N) is 1. The zero-order valence-corrected chi connectivity index (χ0v) is 16.0. The molecular formula is C23H27NO3. The van der Waals surface area contributed by atoms with Gasteiger partial charge < -0.3 is 14.8 Å². The van der Waals surface area contributed by atoms with Gasteiger partial charge in [-0.25, -0.2) is 4.79 Å². The lowest BCUT2D eigenvalue weighted by Crippen LogP contribution is -2.47. The number of carbonyl (C=O) groups is 1. The number of fused-ring (bicyclic) bond motifs is 1. The highest BCUT2D eigenvalue weighted by Gasteiger charge is 2.48. The molecule has 1 aliphatic heterocycles. The molecule has 2 aromatic carbocycles. The summed E-state index contributed by atoms with van der Waals surface area (Å²) in [7, 11) is 3.26. The molecule has 1 aliphatic carbocycles. The van der Waals surface area contributed by atoms with Gasteiger partial charge in [-0.15, -0.1) is 0 Å². The minimum atomic E-state index is -0.282. The van der Waals surface area contributed by atoms with Crippen molar-refractivity contribution in [3.05, 3.63) is 70.8 Å². The molecule has 1 N–H and O–H groups in total. The normalized spacial score (nSPS) is 26.7. The van der Waals surface area contributed by atoms with E-state index >= 15 is 0 Å². The molecule has 1 saturated heterocycles. The van der Waals surface area contributed by atoms with E-state index in [1.807, 2.05) is 19.2 Å². The lowest BCUT2D eigenvalue weighted by atomic mass is 9.71. The molecule has 4 nitrogen and oxygen atoms in total. The first kappa shape index (κ1) is 18.2. The van der Waals surface area contributed by atoms with Crippen LogP contribution in [0.1, 0.15) is 46.0 Å². The number of hydrogen-bond donors (Lipinski definition) is 1. The van der Waals surface area contributed by atoms with Gasteiger partial charge >= 0.3 is 5.97 Å². The number of ether oxygens (including phenoxy) is 2. The smallest absolute Gasteiger partial charge is 0.337 e. The fraction of sp³-hybridized carbons (Fsp3) is 0.435. The minimum Gasteiger partial charge on any atom is -0.465 e. The summed E-state index contributed by atoms with van der Waals surface area (Å²) in [5, 5.41) is 3.68. The molecule has 0 radical (unpaired) electrons. The molecule has 27 heavy (non-hydrogen) atoms. The quantitative estimate of drug-likeness (QED) is 0.840. The summed E-state index contributed by atoms with van der Waals surface area (Å²) in [6, 6.07) is 16.9. The molecule has 0 aromatic heterocycles. The number of benzene rings is 2. The maximum Gasteiger partial charge on any atom is 0.337 e. The van der Waals surface area contributed by atoms with Gasteiger partial charge in [0.15, 0.2) is 0 Å². The lowest BCUT2D eigenvalue weighted by molar-refractivity contribution is -0.0290. The van der Waals surface area contributed by atoms with Gasteiger partial charge in [-0.3, -0.25) is 0 Å². The van der Waals surface area contributed by atoms with Crippen molar-refractivity contribution < 1.29 is 14.3 Å². The third kappa shape index (κ3) is 3.40. The van der Waals surface area contributed by atoms with Crippen LogP contribution in [0.4, 0.5) is 0 Å². The number of carbonyl (C=O) groups excluding carboxylic acids is 1. The van der Waals surface area contributed by atoms with Crippen LogP contribution in [0.25, 0.3) is 0 Å². The second-order valence-corrected chi connectivity index (χ2v) is 7.85. The summed E-state index contributed by atoms with van der Waals surface area (Å²) >= 11 is 0. The zero-order chi connectivity index (χ0) is 18.9. The summed E-state index contributed by atoms with van der Waals surface area (Å²) in [6.45, 7) is 0.995. The first-order chi connectivity index (χ1) is 13.1. The Hall–Kier alpha value is -2.17. The Balaban J connectivity index is 1.53. The van der Waals surface area contributed by atoms with Crippen LogP contribution in [0.5, 0.6) is 0 Å². The van der Waals surface area contributed by atoms with E-state index in [9.17, 15) is 4.79 Å². The molecule has 4 heteroatoms. The number of piperidine rings is 1. The van der Waals surface area contributed by atoms with E-state index in [4.69, 9.17) is 9.47 Å². The van der Waals surface area contributed by atoms with Gasteiger partial charge in [0.25, 0.3) is 0 Å². The Morgan fingerprint density at radius 3 is 2.85 bits per heavy atom. The van der Waals surface area contributed by atoms with E-state index in [0.717, 1.165) is 37.8 Å². The Labute approximate surface area is 160 Å². The Morgan fingerprint density at radius 2 is 2.04 bits per heavy atom. The average molecular weight is 365 g/mol. The van der Waals surface area contributed by atoms with E-state index in [-0.39, 0.29) is 17.5 Å². The Morgan fingerprint density at radius 1 is 1.19 bits per heavy atom. The highest BCUT2D eigenvalue weighted by atomic mass is 16.5. The van der Waals surface area contributed by atoms with Crippen molar-refractivity contribution in [1.29, 1.82) is 0 Å². The molecular weight excluding hydrogens is 338 g/mol. The third-order valence-electron chi connectivity index (χ3n) is 6.21. The molecule has 2 aromatic rings. The van der Waals surface area contributed by atoms with E-state index in [2.05, 4.69) is 35.6 Å². The van der Waals surface area contributed by atoms with Crippen LogP contribution < -0.4 is 5.32 Å². The molecule has 0 saturated carbocycles. The molecule has 1 heterocycles. The van der Waals surface area contributed by atoms with Crippen molar-refractivity contribution >= 4 is 5.97 Å². The monoisotopic (exact) mass is 365 g/mol. The van der Waals surface area contributed by atoms with Gasteiger partial charge in [0, 0.05) is 18.6 Å². The van der Waals surface area contributed by atoms with E-state index in [0.29, 0.717) is 11.6 Å². The molecule has 1 fully saturated rings. The SMILES string of the molecule is COC(=O)c1cccc(CC2CC3(CCN2)Cc2ccccc2C3OC)c1. The van der Waals surface area contributed by atoms with Gasteiger partial charge in [0.1, 0.15) is 0 Å². The van der Waals surface area contributed by atoms with Crippen molar-refractivity contribution in [2.45, 2.75) is 37.8 Å². The largest absolute Gasteiger partial charge is 0.465 e. The fourth-order valence-corrected chi connectivity index (χ4v) is 5.09. The maximum atomic E-state index is 11.8. The van der Waals surface area contributed by atoms with E-state index in [1.54, 1.807) is 6.07 Å². The minimum absolute atomic E-state index is 0.161. The first-order valence-electron chi connectivity index (χ1n) is 9.66. The summed E-state index contributed by atoms with van der Waals surface area (Å²) in [4.78, 5) is 11.8. The lowest BCUT2D eigenvalue weighted by Gasteiger charge is -2.42. The Kier molecular flexibility index (Phi) is 5.02. The van der Waals surface area contributed by atoms with E-state index < -0.39 is 0 Å². The summed E-state index contributed by atoms with van der Waals surface area (Å²) < 4.78 is 10.9. The van der Waals surface area contributed by atoms with Crippen LogP contribution in [0.3, 0.4) is 0 Å². The topological polar surface area (TPSA) is 47.6 Å². The van der Waals surface area contributed by atoms with Crippen LogP contribution in [-0.2, 0) is 22.3 Å². The Bertz CT molecular complexity index is 834. The van der Waals surface area contributed by atoms with Gasteiger partial charge in [-0.1, -0.05) is 36.4 Å². The number of esters is 1.